The van der Waals surface area contributed by atoms with Gasteiger partial charge in [0.25, 0.3) is 0 Å². The molecule has 1 aliphatic carbocycles. The first-order valence-electron chi connectivity index (χ1n) is 7.84. The molecule has 0 bridgehead atoms. The predicted octanol–water partition coefficient (Wildman–Crippen LogP) is 5.66. The second-order valence-corrected chi connectivity index (χ2v) is 7.16. The zero-order valence-electron chi connectivity index (χ0n) is 13.4. The molecule has 1 aromatic carbocycles. The van der Waals surface area contributed by atoms with Gasteiger partial charge in [0, 0.05) is 23.0 Å². The molecule has 0 N–H and O–H groups in total. The number of nitrogens with zero attached hydrogens (tertiary/aromatic N) is 2. The molecule has 1 unspecified atom stereocenters. The molecule has 5 heteroatoms. The smallest absolute Gasteiger partial charge is 0.210 e. The molecule has 1 aromatic heterocycles. The van der Waals surface area contributed by atoms with Crippen LogP contribution < -0.4 is 0 Å². The highest BCUT2D eigenvalue weighted by molar-refractivity contribution is 6.39. The van der Waals surface area contributed by atoms with E-state index < -0.39 is 0 Å². The van der Waals surface area contributed by atoms with Gasteiger partial charge in [0.1, 0.15) is 0 Å². The summed E-state index contributed by atoms with van der Waals surface area (Å²) in [7, 11) is 0. The summed E-state index contributed by atoms with van der Waals surface area (Å²) in [6.07, 6.45) is 14.4. The van der Waals surface area contributed by atoms with Crippen molar-refractivity contribution in [1.82, 2.24) is 9.55 Å². The number of allylic oxidation sites excluding steroid dienone is 4. The number of Topliss-reactive ketones (excluding diaryl/α,β-unsaturated/α-hetero) is 1. The number of hydrogen-bond acceptors (Lipinski definition) is 2. The van der Waals surface area contributed by atoms with Gasteiger partial charge in [-0.15, -0.1) is 0 Å². The Morgan fingerprint density at radius 2 is 2.17 bits per heavy atom. The number of hydrogen-bond donors (Lipinski definition) is 0. The van der Waals surface area contributed by atoms with E-state index in [1.54, 1.807) is 41.5 Å². The first-order valence-corrected chi connectivity index (χ1v) is 8.60. The van der Waals surface area contributed by atoms with Crippen LogP contribution >= 0.6 is 23.2 Å². The quantitative estimate of drug-likeness (QED) is 0.400. The van der Waals surface area contributed by atoms with Crippen LogP contribution in [0.15, 0.2) is 55.1 Å². The number of halogens is 2. The van der Waals surface area contributed by atoms with Crippen molar-refractivity contribution in [2.24, 2.45) is 5.41 Å². The van der Waals surface area contributed by atoms with Gasteiger partial charge >= 0.3 is 0 Å². The topological polar surface area (TPSA) is 34.9 Å². The largest absolute Gasteiger partial charge is 0.303 e. The maximum absolute atomic E-state index is 13.1. The van der Waals surface area contributed by atoms with Crippen LogP contribution in [-0.4, -0.2) is 15.3 Å². The van der Waals surface area contributed by atoms with Crippen LogP contribution in [0.4, 0.5) is 0 Å². The summed E-state index contributed by atoms with van der Waals surface area (Å²) >= 11 is 12.2. The molecule has 0 radical (unpaired) electrons. The summed E-state index contributed by atoms with van der Waals surface area (Å²) in [5.41, 5.74) is 0.939. The zero-order chi connectivity index (χ0) is 17.2. The molecule has 0 saturated heterocycles. The van der Waals surface area contributed by atoms with Gasteiger partial charge in [0.2, 0.25) is 5.78 Å². The molecular formula is C19H18Cl2N2O. The van der Waals surface area contributed by atoms with Crippen molar-refractivity contribution in [2.75, 3.05) is 0 Å². The molecule has 1 aliphatic rings. The average Bonchev–Trinajstić information content (AvgIpc) is 3.07. The Hall–Kier alpha value is -1.84. The van der Waals surface area contributed by atoms with Crippen molar-refractivity contribution >= 4 is 34.7 Å². The number of rotatable bonds is 4. The highest BCUT2D eigenvalue weighted by Crippen LogP contribution is 2.36. The third-order valence-corrected chi connectivity index (χ3v) is 4.86. The van der Waals surface area contributed by atoms with Crippen molar-refractivity contribution in [2.45, 2.75) is 26.2 Å². The van der Waals surface area contributed by atoms with E-state index in [1.165, 1.54) is 0 Å². The van der Waals surface area contributed by atoms with Crippen LogP contribution in [-0.2, 0) is 0 Å². The van der Waals surface area contributed by atoms with Gasteiger partial charge in [0.05, 0.1) is 17.0 Å². The molecule has 0 fully saturated rings. The van der Waals surface area contributed by atoms with Crippen LogP contribution in [0.5, 0.6) is 0 Å². The lowest BCUT2D eigenvalue weighted by atomic mass is 9.78. The highest BCUT2D eigenvalue weighted by atomic mass is 35.5. The molecule has 3 rings (SSSR count). The minimum absolute atomic E-state index is 0.0666. The SMILES string of the molecule is CC1(/C=C(/C(=O)c2ccc(Cl)cc2Cl)n2ccnc2)CC=CCC1. The van der Waals surface area contributed by atoms with Crippen LogP contribution in [0.25, 0.3) is 5.70 Å². The van der Waals surface area contributed by atoms with Gasteiger partial charge in [0.15, 0.2) is 0 Å². The normalized spacial score (nSPS) is 21.0. The second-order valence-electron chi connectivity index (χ2n) is 6.32. The third kappa shape index (κ3) is 3.63. The maximum atomic E-state index is 13.1. The van der Waals surface area contributed by atoms with E-state index in [0.29, 0.717) is 21.3 Å². The molecule has 0 aliphatic heterocycles. The number of benzene rings is 1. The highest BCUT2D eigenvalue weighted by Gasteiger charge is 2.26. The van der Waals surface area contributed by atoms with Crippen LogP contribution in [0, 0.1) is 5.41 Å². The predicted molar refractivity (Wildman–Crippen MR) is 98.4 cm³/mol. The lowest BCUT2D eigenvalue weighted by Crippen LogP contribution is -2.19. The monoisotopic (exact) mass is 360 g/mol. The molecule has 3 nitrogen and oxygen atoms in total. The molecule has 1 heterocycles. The molecule has 1 atom stereocenters. The average molecular weight is 361 g/mol. The number of carbonyl (C=O) groups excluding carboxylic acids is 1. The number of imidazole rings is 1. The fraction of sp³-hybridized carbons (Fsp3) is 0.263. The second kappa shape index (κ2) is 6.96. The van der Waals surface area contributed by atoms with E-state index in [1.807, 2.05) is 6.08 Å². The summed E-state index contributed by atoms with van der Waals surface area (Å²) in [6.45, 7) is 2.17. The van der Waals surface area contributed by atoms with Crippen molar-refractivity contribution in [3.8, 4) is 0 Å². The Balaban J connectivity index is 2.05. The molecule has 124 valence electrons. The van der Waals surface area contributed by atoms with Crippen LogP contribution in [0.2, 0.25) is 10.0 Å². The summed E-state index contributed by atoms with van der Waals surface area (Å²) in [5, 5.41) is 0.862. The minimum atomic E-state index is -0.134. The maximum Gasteiger partial charge on any atom is 0.210 e. The first-order chi connectivity index (χ1) is 11.5. The van der Waals surface area contributed by atoms with Crippen LogP contribution in [0.3, 0.4) is 0 Å². The Bertz CT molecular complexity index is 809. The summed E-state index contributed by atoms with van der Waals surface area (Å²) in [5.74, 6) is -0.134. The van der Waals surface area contributed by atoms with E-state index in [9.17, 15) is 4.79 Å². The number of aromatic nitrogens is 2. The number of ketones is 1. The van der Waals surface area contributed by atoms with Gasteiger partial charge in [-0.2, -0.15) is 0 Å². The van der Waals surface area contributed by atoms with Crippen LogP contribution in [0.1, 0.15) is 36.5 Å². The van der Waals surface area contributed by atoms with E-state index in [2.05, 4.69) is 24.1 Å². The van der Waals surface area contributed by atoms with Crippen molar-refractivity contribution in [3.63, 3.8) is 0 Å². The zero-order valence-corrected chi connectivity index (χ0v) is 14.9. The Morgan fingerprint density at radius 1 is 1.33 bits per heavy atom. The Morgan fingerprint density at radius 3 is 2.79 bits per heavy atom. The van der Waals surface area contributed by atoms with E-state index in [0.717, 1.165) is 19.3 Å². The summed E-state index contributed by atoms with van der Waals surface area (Å²) in [4.78, 5) is 17.2. The van der Waals surface area contributed by atoms with E-state index in [-0.39, 0.29) is 11.2 Å². The Kier molecular flexibility index (Phi) is 4.93. The lowest BCUT2D eigenvalue weighted by molar-refractivity contribution is 0.105. The summed E-state index contributed by atoms with van der Waals surface area (Å²) < 4.78 is 1.75. The van der Waals surface area contributed by atoms with Crippen molar-refractivity contribution < 1.29 is 4.79 Å². The molecular weight excluding hydrogens is 343 g/mol. The van der Waals surface area contributed by atoms with Gasteiger partial charge in [-0.25, -0.2) is 4.98 Å². The van der Waals surface area contributed by atoms with Crippen molar-refractivity contribution in [1.29, 1.82) is 0 Å². The Labute approximate surface area is 151 Å². The van der Waals surface area contributed by atoms with E-state index >= 15 is 0 Å². The van der Waals surface area contributed by atoms with E-state index in [4.69, 9.17) is 23.2 Å². The van der Waals surface area contributed by atoms with Crippen molar-refractivity contribution in [3.05, 3.63) is 70.8 Å². The van der Waals surface area contributed by atoms with Gasteiger partial charge in [-0.05, 0) is 42.9 Å². The van der Waals surface area contributed by atoms with Gasteiger partial charge in [-0.1, -0.05) is 48.4 Å². The lowest BCUT2D eigenvalue weighted by Gasteiger charge is -2.28. The summed E-state index contributed by atoms with van der Waals surface area (Å²) in [6, 6.07) is 4.94. The third-order valence-electron chi connectivity index (χ3n) is 4.31. The van der Waals surface area contributed by atoms with Gasteiger partial charge < -0.3 is 4.57 Å². The fourth-order valence-electron chi connectivity index (χ4n) is 2.92. The molecule has 0 spiro atoms. The molecule has 24 heavy (non-hydrogen) atoms. The van der Waals surface area contributed by atoms with Gasteiger partial charge in [-0.3, -0.25) is 4.79 Å². The fourth-order valence-corrected chi connectivity index (χ4v) is 3.41. The standard InChI is InChI=1S/C19H18Cl2N2O/c1-19(7-3-2-4-8-19)12-17(23-10-9-22-13-23)18(24)15-6-5-14(20)11-16(15)21/h2-3,5-6,9-13H,4,7-8H2,1H3/b17-12-. The molecule has 0 amide bonds. The molecule has 2 aromatic rings. The minimum Gasteiger partial charge on any atom is -0.303 e. The first kappa shape index (κ1) is 17.0. The number of carbonyl (C=O) groups is 1. The molecule has 0 saturated carbocycles.